The fraction of sp³-hybridized carbons (Fsp3) is 0.581. The number of ether oxygens (including phenoxy) is 2. The van der Waals surface area contributed by atoms with Crippen LogP contribution in [-0.4, -0.2) is 70.0 Å². The first-order valence-corrected chi connectivity index (χ1v) is 39.3. The fourth-order valence-corrected chi connectivity index (χ4v) is 10.3. The molecule has 0 radical (unpaired) electrons. The van der Waals surface area contributed by atoms with Crippen molar-refractivity contribution in [1.29, 1.82) is 0 Å². The Labute approximate surface area is 589 Å². The van der Waals surface area contributed by atoms with Crippen LogP contribution in [0.1, 0.15) is 271 Å². The third-order valence-corrected chi connectivity index (χ3v) is 16.3. The number of quaternary nitrogens is 1. The molecule has 2 atom stereocenters. The van der Waals surface area contributed by atoms with Gasteiger partial charge in [0.2, 0.25) is 0 Å². The van der Waals surface area contributed by atoms with Gasteiger partial charge in [-0.25, -0.2) is 0 Å². The monoisotopic (exact) mass is 1340 g/mol. The number of allylic oxidation sites excluding steroid dienone is 34. The van der Waals surface area contributed by atoms with Crippen LogP contribution >= 0.6 is 7.82 Å². The molecule has 0 saturated carbocycles. The minimum Gasteiger partial charge on any atom is -0.756 e. The summed E-state index contributed by atoms with van der Waals surface area (Å²) in [6.45, 7) is 3.95. The maximum atomic E-state index is 12.9. The zero-order valence-electron chi connectivity index (χ0n) is 61.5. The Bertz CT molecular complexity index is 2380. The molecule has 0 saturated heterocycles. The molecule has 0 rings (SSSR count). The molecule has 0 aromatic carbocycles. The number of hydrogen-bond acceptors (Lipinski definition) is 8. The Hall–Kier alpha value is -5.41. The highest BCUT2D eigenvalue weighted by Crippen LogP contribution is 2.38. The standard InChI is InChI=1S/C86H138NO8P/c1-6-8-10-12-14-16-18-20-22-24-26-28-30-32-34-36-38-40-41-42-43-44-45-47-48-50-52-54-56-58-60-62-64-66-68-70-72-74-76-78-85(88)92-82-84(83-94-96(90,91)93-81-80-87(3,4)5)95-86(89)79-77-75-73-71-69-67-65-63-61-59-57-55-53-51-49-46-39-37-35-33-31-29-27-25-23-21-19-17-15-13-11-9-7-2/h8-11,14-17,20-23,26-29,32-35,38-40,42-43,46,51,53,57,59,63,65,69,71,84H,6-7,12-13,18-19,24-25,30-31,36-37,41,44-45,47-50,52,54-56,58,60-62,64,66-68,70,72-83H2,1-5H3/b10-8-,11-9-,16-14-,17-15-,22-20-,23-21-,28-26-,29-27-,34-32-,35-33-,40-38-,43-42-,46-39-,53-51-,59-57-,65-63-,71-69-. The normalized spacial score (nSPS) is 14.3. The minimum atomic E-state index is -4.67. The van der Waals surface area contributed by atoms with Gasteiger partial charge in [0.1, 0.15) is 19.8 Å². The third kappa shape index (κ3) is 77.6. The van der Waals surface area contributed by atoms with Gasteiger partial charge >= 0.3 is 11.9 Å². The van der Waals surface area contributed by atoms with Gasteiger partial charge in [0.05, 0.1) is 27.7 Å². The number of rotatable bonds is 67. The Morgan fingerprint density at radius 3 is 0.854 bits per heavy atom. The lowest BCUT2D eigenvalue weighted by molar-refractivity contribution is -0.870. The second kappa shape index (κ2) is 73.8. The van der Waals surface area contributed by atoms with Gasteiger partial charge in [-0.2, -0.15) is 0 Å². The van der Waals surface area contributed by atoms with Crippen molar-refractivity contribution in [3.8, 4) is 0 Å². The molecule has 0 aliphatic heterocycles. The highest BCUT2D eigenvalue weighted by Gasteiger charge is 2.22. The van der Waals surface area contributed by atoms with Gasteiger partial charge in [-0.15, -0.1) is 0 Å². The van der Waals surface area contributed by atoms with Crippen molar-refractivity contribution in [3.05, 3.63) is 207 Å². The van der Waals surface area contributed by atoms with Crippen LogP contribution in [0.15, 0.2) is 207 Å². The lowest BCUT2D eigenvalue weighted by Gasteiger charge is -2.28. The number of likely N-dealkylation sites (N-methyl/N-ethyl adjacent to an activating group) is 1. The maximum Gasteiger partial charge on any atom is 0.306 e. The van der Waals surface area contributed by atoms with E-state index in [0.29, 0.717) is 23.9 Å². The molecule has 96 heavy (non-hydrogen) atoms. The topological polar surface area (TPSA) is 111 Å². The molecule has 0 aliphatic rings. The van der Waals surface area contributed by atoms with Gasteiger partial charge in [-0.3, -0.25) is 14.2 Å². The van der Waals surface area contributed by atoms with Gasteiger partial charge in [0.25, 0.3) is 7.82 Å². The summed E-state index contributed by atoms with van der Waals surface area (Å²) >= 11 is 0. The van der Waals surface area contributed by atoms with Crippen LogP contribution in [0.2, 0.25) is 0 Å². The number of phosphoric ester groups is 1. The number of esters is 2. The zero-order chi connectivity index (χ0) is 69.7. The molecule has 0 fully saturated rings. The molecule has 0 bridgehead atoms. The fourth-order valence-electron chi connectivity index (χ4n) is 9.61. The van der Waals surface area contributed by atoms with E-state index in [1.807, 2.05) is 21.1 Å². The molecule has 0 aromatic rings. The van der Waals surface area contributed by atoms with Crippen molar-refractivity contribution < 1.29 is 42.1 Å². The van der Waals surface area contributed by atoms with Crippen LogP contribution in [0.25, 0.3) is 0 Å². The maximum absolute atomic E-state index is 12.9. The van der Waals surface area contributed by atoms with Gasteiger partial charge in [0, 0.05) is 12.8 Å². The van der Waals surface area contributed by atoms with Gasteiger partial charge in [-0.1, -0.05) is 317 Å². The summed E-state index contributed by atoms with van der Waals surface area (Å²) in [7, 11) is 1.11. The first-order chi connectivity index (χ1) is 47.0. The highest BCUT2D eigenvalue weighted by atomic mass is 31.2. The summed E-state index contributed by atoms with van der Waals surface area (Å²) in [6, 6.07) is 0. The van der Waals surface area contributed by atoms with Crippen molar-refractivity contribution in [2.24, 2.45) is 0 Å². The summed E-state index contributed by atoms with van der Waals surface area (Å²) in [4.78, 5) is 38.1. The summed E-state index contributed by atoms with van der Waals surface area (Å²) < 4.78 is 34.3. The van der Waals surface area contributed by atoms with Crippen molar-refractivity contribution in [2.75, 3.05) is 47.5 Å². The van der Waals surface area contributed by atoms with Crippen LogP contribution in [-0.2, 0) is 32.7 Å². The van der Waals surface area contributed by atoms with Crippen LogP contribution in [0.4, 0.5) is 0 Å². The number of phosphoric acid groups is 1. The number of carbonyl (C=O) groups excluding carboxylic acids is 2. The quantitative estimate of drug-likeness (QED) is 0.0195. The van der Waals surface area contributed by atoms with Gasteiger partial charge in [0.15, 0.2) is 6.10 Å². The molecular formula is C86H138NO8P. The number of unbranched alkanes of at least 4 members (excludes halogenated alkanes) is 19. The predicted molar refractivity (Wildman–Crippen MR) is 415 cm³/mol. The molecule has 10 heteroatoms. The van der Waals surface area contributed by atoms with E-state index in [2.05, 4.69) is 220 Å². The highest BCUT2D eigenvalue weighted by molar-refractivity contribution is 7.45. The smallest absolute Gasteiger partial charge is 0.306 e. The Balaban J connectivity index is 4.13. The summed E-state index contributed by atoms with van der Waals surface area (Å²) in [6.07, 6.45) is 116. The Morgan fingerprint density at radius 1 is 0.323 bits per heavy atom. The minimum absolute atomic E-state index is 0.0494. The molecule has 9 nitrogen and oxygen atoms in total. The first-order valence-electron chi connectivity index (χ1n) is 37.8. The van der Waals surface area contributed by atoms with E-state index < -0.39 is 32.5 Å². The summed E-state index contributed by atoms with van der Waals surface area (Å²) in [5.41, 5.74) is 0. The van der Waals surface area contributed by atoms with Gasteiger partial charge < -0.3 is 27.9 Å². The second-order valence-corrected chi connectivity index (χ2v) is 27.0. The predicted octanol–water partition coefficient (Wildman–Crippen LogP) is 24.7. The van der Waals surface area contributed by atoms with Crippen LogP contribution in [0.5, 0.6) is 0 Å². The van der Waals surface area contributed by atoms with E-state index in [-0.39, 0.29) is 26.1 Å². The van der Waals surface area contributed by atoms with Crippen LogP contribution < -0.4 is 4.89 Å². The van der Waals surface area contributed by atoms with Crippen molar-refractivity contribution in [3.63, 3.8) is 0 Å². The lowest BCUT2D eigenvalue weighted by Crippen LogP contribution is -2.37. The molecule has 2 unspecified atom stereocenters. The summed E-state index contributed by atoms with van der Waals surface area (Å²) in [5, 5.41) is 0. The summed E-state index contributed by atoms with van der Waals surface area (Å²) in [5.74, 6) is -0.894. The molecule has 0 heterocycles. The average Bonchev–Trinajstić information content (AvgIpc) is 1.48. The SMILES string of the molecule is CC/C=C\C/C=C\C/C=C\C/C=C\C/C=C\C/C=C\C/C=C\C/C=C\C/C=C\C/C=C\CCCCC(=O)OC(COC(=O)CCCCCCCCCCCCCCCCCCC/C=C\C/C=C\C/C=C\C/C=C\C/C=C\C/C=C\C/C=C\CC)COP(=O)([O-])OCC[N+](C)(C)C. The Kier molecular flexibility index (Phi) is 69.7. The second-order valence-electron chi connectivity index (χ2n) is 25.5. The van der Waals surface area contributed by atoms with Crippen molar-refractivity contribution in [2.45, 2.75) is 277 Å². The zero-order valence-corrected chi connectivity index (χ0v) is 62.4. The molecule has 540 valence electrons. The first kappa shape index (κ1) is 90.6. The largest absolute Gasteiger partial charge is 0.756 e. The average molecular weight is 1350 g/mol. The lowest BCUT2D eigenvalue weighted by atomic mass is 10.0. The van der Waals surface area contributed by atoms with E-state index in [1.54, 1.807) is 0 Å². The molecule has 0 N–H and O–H groups in total. The number of carbonyl (C=O) groups is 2. The van der Waals surface area contributed by atoms with Crippen LogP contribution in [0.3, 0.4) is 0 Å². The van der Waals surface area contributed by atoms with E-state index in [0.717, 1.165) is 141 Å². The van der Waals surface area contributed by atoms with E-state index in [4.69, 9.17) is 18.5 Å². The molecule has 0 amide bonds. The molecule has 0 aliphatic carbocycles. The third-order valence-electron chi connectivity index (χ3n) is 15.3. The van der Waals surface area contributed by atoms with Crippen molar-refractivity contribution >= 4 is 19.8 Å². The molecular weight excluding hydrogens is 1210 g/mol. The van der Waals surface area contributed by atoms with E-state index in [9.17, 15) is 19.0 Å². The van der Waals surface area contributed by atoms with E-state index in [1.165, 1.54) is 89.9 Å². The number of nitrogens with zero attached hydrogens (tertiary/aromatic N) is 1. The molecule has 0 aromatic heterocycles. The van der Waals surface area contributed by atoms with E-state index >= 15 is 0 Å². The van der Waals surface area contributed by atoms with Crippen LogP contribution in [0, 0.1) is 0 Å². The number of hydrogen-bond donors (Lipinski definition) is 0. The van der Waals surface area contributed by atoms with Crippen molar-refractivity contribution in [1.82, 2.24) is 0 Å². The van der Waals surface area contributed by atoms with Gasteiger partial charge in [-0.05, 0) is 148 Å². The Morgan fingerprint density at radius 2 is 0.562 bits per heavy atom. The molecule has 0 spiro atoms.